The van der Waals surface area contributed by atoms with Gasteiger partial charge in [-0.05, 0) is 36.6 Å². The van der Waals surface area contributed by atoms with E-state index in [9.17, 15) is 0 Å². The Morgan fingerprint density at radius 1 is 1.15 bits per heavy atom. The summed E-state index contributed by atoms with van der Waals surface area (Å²) in [5.41, 5.74) is 2.27. The molecule has 1 fully saturated rings. The van der Waals surface area contributed by atoms with Crippen LogP contribution in [0.5, 0.6) is 0 Å². The molecule has 0 spiro atoms. The van der Waals surface area contributed by atoms with Crippen LogP contribution in [0.1, 0.15) is 38.7 Å². The molecule has 1 aromatic carbocycles. The molecule has 0 bridgehead atoms. The summed E-state index contributed by atoms with van der Waals surface area (Å²) in [4.78, 5) is 5.58. The van der Waals surface area contributed by atoms with Gasteiger partial charge in [-0.2, -0.15) is 0 Å². The molecule has 1 aliphatic rings. The summed E-state index contributed by atoms with van der Waals surface area (Å²) in [6.45, 7) is 9.11. The molecule has 0 radical (unpaired) electrons. The van der Waals surface area contributed by atoms with Gasteiger partial charge in [0.05, 0.1) is 12.6 Å². The second-order valence-electron chi connectivity index (χ2n) is 4.75. The Hall–Kier alpha value is -2.26. The standard InChI is InChI=1S/C16H17N3.CH4/c1-18-15(13-17)12-14-6-8-16(9-7-14)19-10-4-2-3-5-11-19;/h6-9,12H,2-5,10-11H2;1H4/b15-12-;. The Kier molecular flexibility index (Phi) is 6.33. The van der Waals surface area contributed by atoms with Crippen LogP contribution < -0.4 is 4.90 Å². The number of rotatable bonds is 2. The van der Waals surface area contributed by atoms with Gasteiger partial charge in [0.1, 0.15) is 0 Å². The molecule has 1 saturated heterocycles. The molecule has 1 aromatic rings. The summed E-state index contributed by atoms with van der Waals surface area (Å²) in [6.07, 6.45) is 6.80. The molecule has 0 saturated carbocycles. The third-order valence-electron chi connectivity index (χ3n) is 3.40. The zero-order valence-electron chi connectivity index (χ0n) is 11.0. The molecule has 2 rings (SSSR count). The molecule has 0 amide bonds. The quantitative estimate of drug-likeness (QED) is 0.584. The first-order valence-corrected chi connectivity index (χ1v) is 6.68. The molecule has 3 heteroatoms. The first-order valence-electron chi connectivity index (χ1n) is 6.68. The monoisotopic (exact) mass is 267 g/mol. The zero-order chi connectivity index (χ0) is 13.5. The first-order chi connectivity index (χ1) is 9.33. The van der Waals surface area contributed by atoms with Gasteiger partial charge in [-0.15, -0.1) is 0 Å². The van der Waals surface area contributed by atoms with Crippen LogP contribution in [0.15, 0.2) is 30.0 Å². The van der Waals surface area contributed by atoms with E-state index in [1.165, 1.54) is 31.4 Å². The van der Waals surface area contributed by atoms with Crippen LogP contribution >= 0.6 is 0 Å². The van der Waals surface area contributed by atoms with Crippen molar-refractivity contribution in [1.82, 2.24) is 0 Å². The third kappa shape index (κ3) is 4.14. The summed E-state index contributed by atoms with van der Waals surface area (Å²) < 4.78 is 0. The van der Waals surface area contributed by atoms with Gasteiger partial charge in [-0.1, -0.05) is 32.4 Å². The molecule has 0 atom stereocenters. The number of hydrogen-bond acceptors (Lipinski definition) is 2. The van der Waals surface area contributed by atoms with Gasteiger partial charge in [0.25, 0.3) is 5.70 Å². The lowest BCUT2D eigenvalue weighted by Crippen LogP contribution is -2.23. The lowest BCUT2D eigenvalue weighted by Gasteiger charge is -2.22. The van der Waals surface area contributed by atoms with Crippen LogP contribution in [-0.4, -0.2) is 13.1 Å². The van der Waals surface area contributed by atoms with E-state index in [2.05, 4.69) is 21.9 Å². The van der Waals surface area contributed by atoms with Gasteiger partial charge in [-0.25, -0.2) is 10.1 Å². The average molecular weight is 267 g/mol. The van der Waals surface area contributed by atoms with Crippen molar-refractivity contribution in [1.29, 1.82) is 5.26 Å². The van der Waals surface area contributed by atoms with Crippen molar-refractivity contribution in [3.63, 3.8) is 0 Å². The molecule has 0 aromatic heterocycles. The molecule has 0 N–H and O–H groups in total. The normalized spacial score (nSPS) is 15.5. The van der Waals surface area contributed by atoms with E-state index in [-0.39, 0.29) is 13.1 Å². The van der Waals surface area contributed by atoms with Crippen LogP contribution in [-0.2, 0) is 0 Å². The lowest BCUT2D eigenvalue weighted by atomic mass is 10.1. The van der Waals surface area contributed by atoms with E-state index in [0.29, 0.717) is 0 Å². The van der Waals surface area contributed by atoms with Crippen LogP contribution in [0.2, 0.25) is 0 Å². The molecule has 0 aliphatic carbocycles. The highest BCUT2D eigenvalue weighted by molar-refractivity contribution is 5.61. The molecule has 104 valence electrons. The SMILES string of the molecule is C.[C-]#[N+]/C(C#N)=C\c1ccc(N2CCCCCC2)cc1. The number of hydrogen-bond donors (Lipinski definition) is 0. The van der Waals surface area contributed by atoms with Crippen LogP contribution in [0.25, 0.3) is 10.9 Å². The highest BCUT2D eigenvalue weighted by atomic mass is 15.1. The van der Waals surface area contributed by atoms with Gasteiger partial charge >= 0.3 is 0 Å². The molecule has 1 heterocycles. The number of nitriles is 1. The number of benzene rings is 1. The van der Waals surface area contributed by atoms with Gasteiger partial charge in [0, 0.05) is 18.8 Å². The Morgan fingerprint density at radius 2 is 1.75 bits per heavy atom. The maximum absolute atomic E-state index is 8.74. The molecule has 20 heavy (non-hydrogen) atoms. The highest BCUT2D eigenvalue weighted by Gasteiger charge is 2.09. The van der Waals surface area contributed by atoms with Crippen molar-refractivity contribution in [3.8, 4) is 6.07 Å². The van der Waals surface area contributed by atoms with Gasteiger partial charge in [0.15, 0.2) is 0 Å². The second kappa shape index (κ2) is 8.02. The van der Waals surface area contributed by atoms with E-state index in [4.69, 9.17) is 11.8 Å². The smallest absolute Gasteiger partial charge is 0.262 e. The van der Waals surface area contributed by atoms with Gasteiger partial charge in [-0.3, -0.25) is 0 Å². The minimum Gasteiger partial charge on any atom is -0.372 e. The maximum atomic E-state index is 8.74. The third-order valence-corrected chi connectivity index (χ3v) is 3.40. The summed E-state index contributed by atoms with van der Waals surface area (Å²) in [7, 11) is 0. The fourth-order valence-electron chi connectivity index (χ4n) is 2.36. The van der Waals surface area contributed by atoms with Crippen molar-refractivity contribution in [2.45, 2.75) is 33.1 Å². The van der Waals surface area contributed by atoms with Crippen molar-refractivity contribution in [2.75, 3.05) is 18.0 Å². The number of anilines is 1. The zero-order valence-corrected chi connectivity index (χ0v) is 11.0. The molecular formula is C17H21N3. The van der Waals surface area contributed by atoms with E-state index in [1.807, 2.05) is 18.2 Å². The fraction of sp³-hybridized carbons (Fsp3) is 0.412. The second-order valence-corrected chi connectivity index (χ2v) is 4.75. The van der Waals surface area contributed by atoms with Crippen molar-refractivity contribution < 1.29 is 0 Å². The van der Waals surface area contributed by atoms with Crippen molar-refractivity contribution in [2.24, 2.45) is 0 Å². The Bertz CT molecular complexity index is 505. The van der Waals surface area contributed by atoms with E-state index < -0.39 is 0 Å². The summed E-state index contributed by atoms with van der Waals surface area (Å²) in [6, 6.07) is 9.99. The van der Waals surface area contributed by atoms with Crippen LogP contribution in [0.3, 0.4) is 0 Å². The molecular weight excluding hydrogens is 246 g/mol. The van der Waals surface area contributed by atoms with E-state index >= 15 is 0 Å². The summed E-state index contributed by atoms with van der Waals surface area (Å²) >= 11 is 0. The number of allylic oxidation sites excluding steroid dienone is 1. The topological polar surface area (TPSA) is 31.4 Å². The Balaban J connectivity index is 0.00000200. The van der Waals surface area contributed by atoms with E-state index in [0.717, 1.165) is 18.7 Å². The van der Waals surface area contributed by atoms with Gasteiger partial charge < -0.3 is 4.90 Å². The predicted molar refractivity (Wildman–Crippen MR) is 84.0 cm³/mol. The first kappa shape index (κ1) is 15.8. The Morgan fingerprint density at radius 3 is 2.25 bits per heavy atom. The van der Waals surface area contributed by atoms with Gasteiger partial charge in [0.2, 0.25) is 0 Å². The maximum Gasteiger partial charge on any atom is 0.262 e. The minimum atomic E-state index is 0. The lowest BCUT2D eigenvalue weighted by molar-refractivity contribution is 0.726. The van der Waals surface area contributed by atoms with Crippen molar-refractivity contribution in [3.05, 3.63) is 46.9 Å². The largest absolute Gasteiger partial charge is 0.372 e. The average Bonchev–Trinajstić information content (AvgIpc) is 2.74. The fourth-order valence-corrected chi connectivity index (χ4v) is 2.36. The minimum absolute atomic E-state index is 0. The van der Waals surface area contributed by atoms with E-state index in [1.54, 1.807) is 6.08 Å². The van der Waals surface area contributed by atoms with Crippen LogP contribution in [0.4, 0.5) is 5.69 Å². The predicted octanol–water partition coefficient (Wildman–Crippen LogP) is 4.49. The van der Waals surface area contributed by atoms with Crippen LogP contribution in [0, 0.1) is 17.9 Å². The molecule has 1 aliphatic heterocycles. The summed E-state index contributed by atoms with van der Waals surface area (Å²) in [5.74, 6) is 0. The Labute approximate surface area is 122 Å². The number of nitrogens with zero attached hydrogens (tertiary/aromatic N) is 3. The molecule has 3 nitrogen and oxygen atoms in total. The summed E-state index contributed by atoms with van der Waals surface area (Å²) in [5, 5.41) is 8.74. The molecule has 0 unspecified atom stereocenters. The highest BCUT2D eigenvalue weighted by Crippen LogP contribution is 2.20. The van der Waals surface area contributed by atoms with Crippen molar-refractivity contribution >= 4 is 11.8 Å².